The van der Waals surface area contributed by atoms with Crippen LogP contribution in [0.5, 0.6) is 5.75 Å². The van der Waals surface area contributed by atoms with Crippen LogP contribution < -0.4 is 14.4 Å². The fourth-order valence-corrected chi connectivity index (χ4v) is 2.84. The minimum Gasteiger partial charge on any atom is -0.494 e. The highest BCUT2D eigenvalue weighted by atomic mass is 35.5. The van der Waals surface area contributed by atoms with Gasteiger partial charge < -0.3 is 14.4 Å². The Morgan fingerprint density at radius 3 is 2.62 bits per heavy atom. The lowest BCUT2D eigenvalue weighted by atomic mass is 10.1. The molecule has 2 rings (SSSR count). The van der Waals surface area contributed by atoms with Crippen molar-refractivity contribution in [1.29, 1.82) is 0 Å². The molecule has 0 saturated heterocycles. The Labute approximate surface area is 154 Å². The molecule has 0 aliphatic heterocycles. The molecule has 0 aliphatic carbocycles. The van der Waals surface area contributed by atoms with Gasteiger partial charge in [0, 0.05) is 24.0 Å². The molecule has 0 aromatic heterocycles. The number of hydrogen-bond acceptors (Lipinski definition) is 4. The highest BCUT2D eigenvalue weighted by Crippen LogP contribution is 2.22. The van der Waals surface area contributed by atoms with Crippen molar-refractivity contribution < 1.29 is 4.74 Å². The summed E-state index contributed by atoms with van der Waals surface area (Å²) in [6, 6.07) is 16.2. The average Bonchev–Trinajstić information content (AvgIpc) is 2.61. The van der Waals surface area contributed by atoms with Gasteiger partial charge in [-0.1, -0.05) is 35.7 Å². The van der Waals surface area contributed by atoms with Gasteiger partial charge in [-0.05, 0) is 67.9 Å². The standard InChI is InChI=1S/C19H25ClN2OS/c1-22(24-2)18-7-9-19(10-8-18)23-14-4-12-21-13-11-16-5-3-6-17(20)15-16/h3,5-10,15,21H,4,11-14H2,1-2H3. The maximum atomic E-state index is 5.98. The Morgan fingerprint density at radius 1 is 1.12 bits per heavy atom. The summed E-state index contributed by atoms with van der Waals surface area (Å²) in [5.41, 5.74) is 2.44. The van der Waals surface area contributed by atoms with E-state index in [-0.39, 0.29) is 0 Å². The molecule has 0 fully saturated rings. The summed E-state index contributed by atoms with van der Waals surface area (Å²) < 4.78 is 7.89. The molecule has 0 amide bonds. The fraction of sp³-hybridized carbons (Fsp3) is 0.368. The Kier molecular flexibility index (Phi) is 8.29. The maximum Gasteiger partial charge on any atom is 0.119 e. The number of hydrogen-bond donors (Lipinski definition) is 1. The summed E-state index contributed by atoms with van der Waals surface area (Å²) in [5, 5.41) is 4.24. The number of anilines is 1. The van der Waals surface area contributed by atoms with Crippen LogP contribution in [-0.2, 0) is 6.42 Å². The topological polar surface area (TPSA) is 24.5 Å². The average molecular weight is 365 g/mol. The first kappa shape index (κ1) is 19.0. The minimum absolute atomic E-state index is 0.724. The van der Waals surface area contributed by atoms with E-state index >= 15 is 0 Å². The van der Waals surface area contributed by atoms with Gasteiger partial charge in [0.15, 0.2) is 0 Å². The highest BCUT2D eigenvalue weighted by molar-refractivity contribution is 7.99. The van der Waals surface area contributed by atoms with Crippen LogP contribution in [0.4, 0.5) is 5.69 Å². The number of ether oxygens (including phenoxy) is 1. The molecule has 0 atom stereocenters. The van der Waals surface area contributed by atoms with Crippen molar-refractivity contribution in [2.24, 2.45) is 0 Å². The molecule has 0 unspecified atom stereocenters. The van der Waals surface area contributed by atoms with Gasteiger partial charge in [0.2, 0.25) is 0 Å². The summed E-state index contributed by atoms with van der Waals surface area (Å²) in [5.74, 6) is 0.923. The van der Waals surface area contributed by atoms with Crippen molar-refractivity contribution in [3.8, 4) is 5.75 Å². The Balaban J connectivity index is 1.56. The molecule has 5 heteroatoms. The van der Waals surface area contributed by atoms with E-state index in [4.69, 9.17) is 16.3 Å². The SMILES string of the molecule is CSN(C)c1ccc(OCCCNCCc2cccc(Cl)c2)cc1. The molecular formula is C19H25ClN2OS. The second-order valence-corrected chi connectivity index (χ2v) is 6.86. The van der Waals surface area contributed by atoms with E-state index in [0.717, 1.165) is 43.3 Å². The van der Waals surface area contributed by atoms with Crippen molar-refractivity contribution in [2.45, 2.75) is 12.8 Å². The van der Waals surface area contributed by atoms with Crippen LogP contribution in [0.25, 0.3) is 0 Å². The first-order valence-corrected chi connectivity index (χ1v) is 9.71. The van der Waals surface area contributed by atoms with Gasteiger partial charge in [0.25, 0.3) is 0 Å². The van der Waals surface area contributed by atoms with Crippen LogP contribution in [0.15, 0.2) is 48.5 Å². The van der Waals surface area contributed by atoms with Gasteiger partial charge in [-0.25, -0.2) is 0 Å². The summed E-state index contributed by atoms with van der Waals surface area (Å²) in [6.45, 7) is 2.63. The third-order valence-corrected chi connectivity index (χ3v) is 4.71. The largest absolute Gasteiger partial charge is 0.494 e. The van der Waals surface area contributed by atoms with Crippen molar-refractivity contribution >= 4 is 29.2 Å². The third-order valence-electron chi connectivity index (χ3n) is 3.72. The fourth-order valence-electron chi connectivity index (χ4n) is 2.30. The molecule has 24 heavy (non-hydrogen) atoms. The molecule has 1 N–H and O–H groups in total. The summed E-state index contributed by atoms with van der Waals surface area (Å²) in [7, 11) is 2.05. The highest BCUT2D eigenvalue weighted by Gasteiger charge is 2.00. The zero-order valence-electron chi connectivity index (χ0n) is 14.3. The predicted molar refractivity (Wildman–Crippen MR) is 106 cm³/mol. The number of rotatable bonds is 10. The zero-order valence-corrected chi connectivity index (χ0v) is 15.9. The van der Waals surface area contributed by atoms with Gasteiger partial charge in [0.05, 0.1) is 6.61 Å². The monoisotopic (exact) mass is 364 g/mol. The maximum absolute atomic E-state index is 5.98. The molecule has 0 saturated carbocycles. The minimum atomic E-state index is 0.724. The van der Waals surface area contributed by atoms with Gasteiger partial charge in [-0.2, -0.15) is 0 Å². The Hall–Kier alpha value is -1.36. The van der Waals surface area contributed by atoms with E-state index in [1.165, 1.54) is 11.3 Å². The second-order valence-electron chi connectivity index (χ2n) is 5.51. The smallest absolute Gasteiger partial charge is 0.119 e. The third kappa shape index (κ3) is 6.63. The lowest BCUT2D eigenvalue weighted by molar-refractivity contribution is 0.308. The number of nitrogens with one attached hydrogen (secondary N) is 1. The molecule has 3 nitrogen and oxygen atoms in total. The summed E-state index contributed by atoms with van der Waals surface area (Å²) >= 11 is 7.67. The molecule has 130 valence electrons. The zero-order chi connectivity index (χ0) is 17.2. The lowest BCUT2D eigenvalue weighted by Gasteiger charge is -2.15. The Bertz CT molecular complexity index is 607. The first-order valence-electron chi connectivity index (χ1n) is 8.15. The number of halogens is 1. The second kappa shape index (κ2) is 10.5. The number of nitrogens with zero attached hydrogens (tertiary/aromatic N) is 1. The molecule has 0 radical (unpaired) electrons. The normalized spacial score (nSPS) is 10.6. The van der Waals surface area contributed by atoms with Crippen LogP contribution in [0.1, 0.15) is 12.0 Å². The van der Waals surface area contributed by atoms with E-state index in [2.05, 4.69) is 41.1 Å². The van der Waals surface area contributed by atoms with Crippen molar-refractivity contribution in [1.82, 2.24) is 5.32 Å². The van der Waals surface area contributed by atoms with E-state index < -0.39 is 0 Å². The van der Waals surface area contributed by atoms with Crippen molar-refractivity contribution in [2.75, 3.05) is 37.3 Å². The molecule has 0 bridgehead atoms. The quantitative estimate of drug-likeness (QED) is 0.489. The summed E-state index contributed by atoms with van der Waals surface area (Å²) in [4.78, 5) is 0. The van der Waals surface area contributed by atoms with Gasteiger partial charge in [-0.3, -0.25) is 0 Å². The molecule has 2 aromatic carbocycles. The molecule has 0 spiro atoms. The molecular weight excluding hydrogens is 340 g/mol. The lowest BCUT2D eigenvalue weighted by Crippen LogP contribution is -2.20. The van der Waals surface area contributed by atoms with E-state index in [1.54, 1.807) is 11.9 Å². The Morgan fingerprint density at radius 2 is 1.92 bits per heavy atom. The molecule has 0 heterocycles. The van der Waals surface area contributed by atoms with Crippen LogP contribution in [0, 0.1) is 0 Å². The predicted octanol–water partition coefficient (Wildman–Crippen LogP) is 4.66. The van der Waals surface area contributed by atoms with Gasteiger partial charge in [0.1, 0.15) is 5.75 Å². The van der Waals surface area contributed by atoms with E-state index in [0.29, 0.717) is 0 Å². The van der Waals surface area contributed by atoms with Gasteiger partial charge in [-0.15, -0.1) is 0 Å². The first-order chi connectivity index (χ1) is 11.7. The van der Waals surface area contributed by atoms with Crippen LogP contribution in [0.3, 0.4) is 0 Å². The van der Waals surface area contributed by atoms with Crippen molar-refractivity contribution in [3.05, 3.63) is 59.1 Å². The summed E-state index contributed by atoms with van der Waals surface area (Å²) in [6.07, 6.45) is 4.04. The molecule has 0 aliphatic rings. The number of benzene rings is 2. The van der Waals surface area contributed by atoms with Crippen LogP contribution >= 0.6 is 23.5 Å². The van der Waals surface area contributed by atoms with Crippen molar-refractivity contribution in [3.63, 3.8) is 0 Å². The van der Waals surface area contributed by atoms with Crippen LogP contribution in [-0.4, -0.2) is 33.0 Å². The molecule has 2 aromatic rings. The van der Waals surface area contributed by atoms with E-state index in [1.807, 2.05) is 30.3 Å². The van der Waals surface area contributed by atoms with Gasteiger partial charge >= 0.3 is 0 Å². The van der Waals surface area contributed by atoms with E-state index in [9.17, 15) is 0 Å². The van der Waals surface area contributed by atoms with Crippen LogP contribution in [0.2, 0.25) is 5.02 Å².